The van der Waals surface area contributed by atoms with Crippen LogP contribution in [-0.4, -0.2) is 58.2 Å². The third-order valence-corrected chi connectivity index (χ3v) is 5.17. The van der Waals surface area contributed by atoms with Gasteiger partial charge < -0.3 is 14.7 Å². The maximum absolute atomic E-state index is 5.13. The zero-order chi connectivity index (χ0) is 15.9. The Morgan fingerprint density at radius 2 is 2.30 bits per heavy atom. The first-order chi connectivity index (χ1) is 10.6. The Labute approximate surface area is 160 Å². The minimum Gasteiger partial charge on any atom is -0.357 e. The highest BCUT2D eigenvalue weighted by molar-refractivity contribution is 14.0. The first-order valence-electron chi connectivity index (χ1n) is 8.04. The molecule has 1 unspecified atom stereocenters. The third kappa shape index (κ3) is 6.48. The number of guanidine groups is 1. The third-order valence-electron chi connectivity index (χ3n) is 3.63. The molecule has 1 aromatic heterocycles. The molecule has 23 heavy (non-hydrogen) atoms. The molecule has 1 atom stereocenters. The van der Waals surface area contributed by atoms with Crippen LogP contribution in [0.4, 0.5) is 0 Å². The van der Waals surface area contributed by atoms with Crippen molar-refractivity contribution in [1.29, 1.82) is 0 Å². The Hall–Kier alpha value is -0.510. The second-order valence-corrected chi connectivity index (χ2v) is 7.17. The Kier molecular flexibility index (Phi) is 9.26. The van der Waals surface area contributed by atoms with Crippen LogP contribution in [0.3, 0.4) is 0 Å². The predicted molar refractivity (Wildman–Crippen MR) is 107 cm³/mol. The van der Waals surface area contributed by atoms with E-state index in [4.69, 9.17) is 9.52 Å². The van der Waals surface area contributed by atoms with Crippen molar-refractivity contribution in [3.05, 3.63) is 11.7 Å². The summed E-state index contributed by atoms with van der Waals surface area (Å²) in [6, 6.07) is 0. The summed E-state index contributed by atoms with van der Waals surface area (Å²) in [5, 5.41) is 7.89. The van der Waals surface area contributed by atoms with Gasteiger partial charge in [0.2, 0.25) is 5.89 Å². The van der Waals surface area contributed by atoms with Gasteiger partial charge in [-0.15, -0.1) is 24.0 Å². The second-order valence-electron chi connectivity index (χ2n) is 5.82. The average molecular weight is 453 g/mol. The summed E-state index contributed by atoms with van der Waals surface area (Å²) in [6.07, 6.45) is 0.686. The Morgan fingerprint density at radius 3 is 2.91 bits per heavy atom. The molecule has 0 spiro atoms. The van der Waals surface area contributed by atoms with Gasteiger partial charge in [0, 0.05) is 37.1 Å². The molecule has 0 amide bonds. The Morgan fingerprint density at radius 1 is 1.52 bits per heavy atom. The smallest absolute Gasteiger partial charge is 0.228 e. The molecule has 0 bridgehead atoms. The van der Waals surface area contributed by atoms with Crippen LogP contribution in [0.1, 0.15) is 32.5 Å². The summed E-state index contributed by atoms with van der Waals surface area (Å²) >= 11 is 2.08. The fourth-order valence-corrected chi connectivity index (χ4v) is 3.69. The molecule has 6 nitrogen and oxygen atoms in total. The van der Waals surface area contributed by atoms with Crippen LogP contribution in [0.15, 0.2) is 9.52 Å². The van der Waals surface area contributed by atoms with E-state index < -0.39 is 0 Å². The summed E-state index contributed by atoms with van der Waals surface area (Å²) in [5.74, 6) is 4.20. The van der Waals surface area contributed by atoms with E-state index in [1.165, 1.54) is 0 Å². The predicted octanol–water partition coefficient (Wildman–Crippen LogP) is 2.58. The van der Waals surface area contributed by atoms with Crippen molar-refractivity contribution in [2.75, 3.05) is 31.9 Å². The molecule has 8 heteroatoms. The molecule has 0 radical (unpaired) electrons. The molecule has 1 N–H and O–H groups in total. The van der Waals surface area contributed by atoms with E-state index in [1.807, 2.05) is 6.92 Å². The molecular formula is C15H28IN5OS. The van der Waals surface area contributed by atoms with Gasteiger partial charge in [-0.05, 0) is 19.8 Å². The van der Waals surface area contributed by atoms with Gasteiger partial charge in [-0.3, -0.25) is 4.99 Å². The fraction of sp³-hybridized carbons (Fsp3) is 0.800. The Bertz CT molecular complexity index is 494. The quantitative estimate of drug-likeness (QED) is 0.420. The first-order valence-corrected chi connectivity index (χ1v) is 9.09. The van der Waals surface area contributed by atoms with Crippen LogP contribution in [0, 0.1) is 12.8 Å². The minimum absolute atomic E-state index is 0. The molecule has 0 saturated carbocycles. The topological polar surface area (TPSA) is 66.5 Å². The lowest BCUT2D eigenvalue weighted by Gasteiger charge is -2.36. The van der Waals surface area contributed by atoms with Crippen LogP contribution < -0.4 is 5.32 Å². The summed E-state index contributed by atoms with van der Waals surface area (Å²) in [6.45, 7) is 12.2. The first kappa shape index (κ1) is 20.5. The molecule has 1 saturated heterocycles. The van der Waals surface area contributed by atoms with Gasteiger partial charge in [0.15, 0.2) is 11.8 Å². The molecule has 2 heterocycles. The molecule has 1 fully saturated rings. The van der Waals surface area contributed by atoms with Crippen molar-refractivity contribution < 1.29 is 4.52 Å². The van der Waals surface area contributed by atoms with Crippen molar-refractivity contribution in [3.8, 4) is 0 Å². The lowest BCUT2D eigenvalue weighted by molar-refractivity contribution is 0.372. The van der Waals surface area contributed by atoms with E-state index in [0.717, 1.165) is 31.3 Å². The highest BCUT2D eigenvalue weighted by Crippen LogP contribution is 2.24. The number of aromatic nitrogens is 2. The van der Waals surface area contributed by atoms with Gasteiger partial charge in [-0.1, -0.05) is 19.0 Å². The number of nitrogens with zero attached hydrogens (tertiary/aromatic N) is 4. The van der Waals surface area contributed by atoms with Gasteiger partial charge in [0.1, 0.15) is 0 Å². The van der Waals surface area contributed by atoms with Gasteiger partial charge in [-0.2, -0.15) is 16.7 Å². The number of hydrogen-bond acceptors (Lipinski definition) is 5. The van der Waals surface area contributed by atoms with E-state index in [9.17, 15) is 0 Å². The largest absolute Gasteiger partial charge is 0.357 e. The lowest BCUT2D eigenvalue weighted by Crippen LogP contribution is -2.49. The normalized spacial score (nSPS) is 18.9. The van der Waals surface area contributed by atoms with Crippen molar-refractivity contribution in [1.82, 2.24) is 20.4 Å². The zero-order valence-corrected chi connectivity index (χ0v) is 17.6. The number of rotatable bonds is 5. The van der Waals surface area contributed by atoms with E-state index >= 15 is 0 Å². The van der Waals surface area contributed by atoms with Crippen molar-refractivity contribution in [2.24, 2.45) is 10.9 Å². The standard InChI is InChI=1S/C15H27N5OS.HI/c1-5-16-15(17-7-6-14-18-12(4)19-21-14)20-8-9-22-13(10-20)11(2)3;/h11,13H,5-10H2,1-4H3,(H,16,17);1H. The highest BCUT2D eigenvalue weighted by atomic mass is 127. The SMILES string of the molecule is CCNC(=NCCc1nc(C)no1)N1CCSC(C(C)C)C1.I. The van der Waals surface area contributed by atoms with Gasteiger partial charge in [-0.25, -0.2) is 0 Å². The van der Waals surface area contributed by atoms with Gasteiger partial charge >= 0.3 is 0 Å². The second kappa shape index (κ2) is 10.4. The van der Waals surface area contributed by atoms with Crippen LogP contribution >= 0.6 is 35.7 Å². The van der Waals surface area contributed by atoms with Crippen molar-refractivity contribution in [3.63, 3.8) is 0 Å². The van der Waals surface area contributed by atoms with E-state index in [2.05, 4.69) is 52.9 Å². The monoisotopic (exact) mass is 453 g/mol. The molecule has 132 valence electrons. The van der Waals surface area contributed by atoms with Gasteiger partial charge in [0.05, 0.1) is 6.54 Å². The molecule has 1 aliphatic heterocycles. The zero-order valence-electron chi connectivity index (χ0n) is 14.4. The molecular weight excluding hydrogens is 425 g/mol. The van der Waals surface area contributed by atoms with E-state index in [0.29, 0.717) is 35.8 Å². The number of thioether (sulfide) groups is 1. The highest BCUT2D eigenvalue weighted by Gasteiger charge is 2.24. The molecule has 1 aliphatic rings. The number of hydrogen-bond donors (Lipinski definition) is 1. The van der Waals surface area contributed by atoms with E-state index in [-0.39, 0.29) is 24.0 Å². The summed E-state index contributed by atoms with van der Waals surface area (Å²) in [5.41, 5.74) is 0. The maximum atomic E-state index is 5.13. The number of nitrogens with one attached hydrogen (secondary N) is 1. The fourth-order valence-electron chi connectivity index (χ4n) is 2.40. The van der Waals surface area contributed by atoms with Crippen LogP contribution in [0.2, 0.25) is 0 Å². The molecule has 2 rings (SSSR count). The average Bonchev–Trinajstić information content (AvgIpc) is 2.92. The van der Waals surface area contributed by atoms with Crippen LogP contribution in [-0.2, 0) is 6.42 Å². The molecule has 0 aliphatic carbocycles. The maximum Gasteiger partial charge on any atom is 0.228 e. The van der Waals surface area contributed by atoms with Crippen LogP contribution in [0.25, 0.3) is 0 Å². The minimum atomic E-state index is 0. The Balaban J connectivity index is 0.00000264. The number of aryl methyl sites for hydroxylation is 1. The number of halogens is 1. The van der Waals surface area contributed by atoms with Crippen molar-refractivity contribution >= 4 is 41.7 Å². The summed E-state index contributed by atoms with van der Waals surface area (Å²) < 4.78 is 5.13. The van der Waals surface area contributed by atoms with Gasteiger partial charge in [0.25, 0.3) is 0 Å². The number of aliphatic imine (C=N–C) groups is 1. The lowest BCUT2D eigenvalue weighted by atomic mass is 10.1. The van der Waals surface area contributed by atoms with Crippen molar-refractivity contribution in [2.45, 2.75) is 39.4 Å². The molecule has 0 aromatic carbocycles. The van der Waals surface area contributed by atoms with Crippen LogP contribution in [0.5, 0.6) is 0 Å². The summed E-state index contributed by atoms with van der Waals surface area (Å²) in [4.78, 5) is 11.3. The summed E-state index contributed by atoms with van der Waals surface area (Å²) in [7, 11) is 0. The van der Waals surface area contributed by atoms with E-state index in [1.54, 1.807) is 0 Å². The molecule has 1 aromatic rings.